The van der Waals surface area contributed by atoms with E-state index in [1.807, 2.05) is 13.8 Å². The standard InChI is InChI=1S/C14H27N3O2/c1-13(2,17-9-7-15-8-10-17)12(18)16-11-14(19)5-3-4-6-14/h15,19H,3-11H2,1-2H3,(H,16,18). The van der Waals surface area contributed by atoms with Crippen LogP contribution in [-0.2, 0) is 4.79 Å². The zero-order valence-electron chi connectivity index (χ0n) is 12.2. The Morgan fingerprint density at radius 2 is 1.89 bits per heavy atom. The predicted octanol–water partition coefficient (Wildman–Crippen LogP) is 0.0915. The fraction of sp³-hybridized carbons (Fsp3) is 0.929. The van der Waals surface area contributed by atoms with E-state index in [4.69, 9.17) is 0 Å². The summed E-state index contributed by atoms with van der Waals surface area (Å²) in [6.07, 6.45) is 3.74. The van der Waals surface area contributed by atoms with Crippen LogP contribution in [0.4, 0.5) is 0 Å². The summed E-state index contributed by atoms with van der Waals surface area (Å²) in [6, 6.07) is 0. The maximum Gasteiger partial charge on any atom is 0.240 e. The molecule has 1 saturated carbocycles. The Morgan fingerprint density at radius 1 is 1.32 bits per heavy atom. The van der Waals surface area contributed by atoms with E-state index in [2.05, 4.69) is 15.5 Å². The number of carbonyl (C=O) groups is 1. The Hall–Kier alpha value is -0.650. The van der Waals surface area contributed by atoms with Crippen molar-refractivity contribution in [1.29, 1.82) is 0 Å². The highest BCUT2D eigenvalue weighted by Crippen LogP contribution is 2.28. The predicted molar refractivity (Wildman–Crippen MR) is 74.9 cm³/mol. The van der Waals surface area contributed by atoms with Gasteiger partial charge >= 0.3 is 0 Å². The molecule has 1 aliphatic carbocycles. The number of hydrogen-bond acceptors (Lipinski definition) is 4. The second-order valence-electron chi connectivity index (χ2n) is 6.41. The summed E-state index contributed by atoms with van der Waals surface area (Å²) in [5.74, 6) is 0.0229. The first-order valence-electron chi connectivity index (χ1n) is 7.41. The van der Waals surface area contributed by atoms with Gasteiger partial charge in [-0.15, -0.1) is 0 Å². The third kappa shape index (κ3) is 3.46. The summed E-state index contributed by atoms with van der Waals surface area (Å²) in [5.41, 5.74) is -1.17. The number of carbonyl (C=O) groups excluding carboxylic acids is 1. The first-order valence-corrected chi connectivity index (χ1v) is 7.41. The van der Waals surface area contributed by atoms with Crippen molar-refractivity contribution in [3.8, 4) is 0 Å². The largest absolute Gasteiger partial charge is 0.388 e. The maximum atomic E-state index is 12.4. The molecule has 1 amide bonds. The van der Waals surface area contributed by atoms with Crippen molar-refractivity contribution >= 4 is 5.91 Å². The van der Waals surface area contributed by atoms with Crippen molar-refractivity contribution < 1.29 is 9.90 Å². The summed E-state index contributed by atoms with van der Waals surface area (Å²) in [7, 11) is 0. The van der Waals surface area contributed by atoms with Gasteiger partial charge in [0, 0.05) is 32.7 Å². The number of rotatable bonds is 4. The van der Waals surface area contributed by atoms with E-state index in [0.29, 0.717) is 6.54 Å². The summed E-state index contributed by atoms with van der Waals surface area (Å²) in [6.45, 7) is 7.97. The number of amides is 1. The van der Waals surface area contributed by atoms with Crippen molar-refractivity contribution in [2.24, 2.45) is 0 Å². The average Bonchev–Trinajstić information content (AvgIpc) is 2.84. The van der Waals surface area contributed by atoms with E-state index >= 15 is 0 Å². The van der Waals surface area contributed by atoms with Crippen molar-refractivity contribution in [2.75, 3.05) is 32.7 Å². The van der Waals surface area contributed by atoms with Gasteiger partial charge in [-0.05, 0) is 26.7 Å². The van der Waals surface area contributed by atoms with Gasteiger partial charge in [-0.1, -0.05) is 12.8 Å². The zero-order valence-corrected chi connectivity index (χ0v) is 12.2. The summed E-state index contributed by atoms with van der Waals surface area (Å²) >= 11 is 0. The van der Waals surface area contributed by atoms with E-state index in [-0.39, 0.29) is 5.91 Å². The highest BCUT2D eigenvalue weighted by Gasteiger charge is 2.37. The Kier molecular flexibility index (Phi) is 4.48. The van der Waals surface area contributed by atoms with E-state index in [0.717, 1.165) is 51.9 Å². The Balaban J connectivity index is 1.86. The first-order chi connectivity index (χ1) is 8.94. The highest BCUT2D eigenvalue weighted by molar-refractivity contribution is 5.85. The van der Waals surface area contributed by atoms with E-state index < -0.39 is 11.1 Å². The quantitative estimate of drug-likeness (QED) is 0.677. The lowest BCUT2D eigenvalue weighted by Crippen LogP contribution is -2.61. The van der Waals surface area contributed by atoms with Crippen LogP contribution in [0.1, 0.15) is 39.5 Å². The van der Waals surface area contributed by atoms with Crippen molar-refractivity contribution in [1.82, 2.24) is 15.5 Å². The summed E-state index contributed by atoms with van der Waals surface area (Å²) in [5, 5.41) is 16.5. The smallest absolute Gasteiger partial charge is 0.240 e. The summed E-state index contributed by atoms with van der Waals surface area (Å²) < 4.78 is 0. The third-order valence-corrected chi connectivity index (χ3v) is 4.58. The van der Waals surface area contributed by atoms with Crippen molar-refractivity contribution in [3.05, 3.63) is 0 Å². The van der Waals surface area contributed by atoms with E-state index in [1.165, 1.54) is 0 Å². The van der Waals surface area contributed by atoms with Crippen LogP contribution >= 0.6 is 0 Å². The van der Waals surface area contributed by atoms with Gasteiger partial charge in [0.25, 0.3) is 0 Å². The van der Waals surface area contributed by atoms with Gasteiger partial charge in [-0.3, -0.25) is 9.69 Å². The molecule has 110 valence electrons. The first kappa shape index (κ1) is 14.8. The molecule has 1 heterocycles. The van der Waals surface area contributed by atoms with Crippen molar-refractivity contribution in [2.45, 2.75) is 50.7 Å². The number of piperazine rings is 1. The molecule has 1 aliphatic heterocycles. The molecule has 0 unspecified atom stereocenters. The lowest BCUT2D eigenvalue weighted by molar-refractivity contribution is -0.133. The molecule has 2 fully saturated rings. The minimum atomic E-state index is -0.671. The normalized spacial score (nSPS) is 24.4. The van der Waals surface area contributed by atoms with Gasteiger partial charge in [0.15, 0.2) is 0 Å². The Labute approximate surface area is 115 Å². The minimum Gasteiger partial charge on any atom is -0.388 e. The summed E-state index contributed by atoms with van der Waals surface area (Å²) in [4.78, 5) is 14.6. The van der Waals surface area contributed by atoms with Crippen LogP contribution in [0, 0.1) is 0 Å². The molecule has 5 nitrogen and oxygen atoms in total. The van der Waals surface area contributed by atoms with E-state index in [1.54, 1.807) is 0 Å². The fourth-order valence-electron chi connectivity index (χ4n) is 3.04. The van der Waals surface area contributed by atoms with Crippen LogP contribution in [0.15, 0.2) is 0 Å². The molecule has 0 aromatic heterocycles. The molecule has 0 aromatic carbocycles. The lowest BCUT2D eigenvalue weighted by Gasteiger charge is -2.40. The fourth-order valence-corrected chi connectivity index (χ4v) is 3.04. The monoisotopic (exact) mass is 269 g/mol. The molecule has 0 aromatic rings. The van der Waals surface area contributed by atoms with Gasteiger partial charge in [-0.2, -0.15) is 0 Å². The Bertz CT molecular complexity index is 319. The third-order valence-electron chi connectivity index (χ3n) is 4.58. The van der Waals surface area contributed by atoms with Gasteiger partial charge < -0.3 is 15.7 Å². The van der Waals surface area contributed by atoms with Crippen molar-refractivity contribution in [3.63, 3.8) is 0 Å². The molecule has 0 bridgehead atoms. The molecular formula is C14H27N3O2. The average molecular weight is 269 g/mol. The molecule has 3 N–H and O–H groups in total. The topological polar surface area (TPSA) is 64.6 Å². The molecule has 5 heteroatoms. The van der Waals surface area contributed by atoms with Crippen LogP contribution in [0.2, 0.25) is 0 Å². The minimum absolute atomic E-state index is 0.0229. The maximum absolute atomic E-state index is 12.4. The molecule has 19 heavy (non-hydrogen) atoms. The van der Waals surface area contributed by atoms with Gasteiger partial charge in [0.1, 0.15) is 0 Å². The number of aliphatic hydroxyl groups is 1. The molecule has 2 aliphatic rings. The molecule has 0 atom stereocenters. The highest BCUT2D eigenvalue weighted by atomic mass is 16.3. The molecular weight excluding hydrogens is 242 g/mol. The van der Waals surface area contributed by atoms with Gasteiger partial charge in [0.05, 0.1) is 11.1 Å². The van der Waals surface area contributed by atoms with Crippen LogP contribution in [-0.4, -0.2) is 59.8 Å². The molecule has 0 radical (unpaired) electrons. The van der Waals surface area contributed by atoms with Gasteiger partial charge in [-0.25, -0.2) is 0 Å². The molecule has 0 spiro atoms. The SMILES string of the molecule is CC(C)(C(=O)NCC1(O)CCCC1)N1CCNCC1. The lowest BCUT2D eigenvalue weighted by atomic mass is 9.98. The van der Waals surface area contributed by atoms with Crippen LogP contribution in [0.25, 0.3) is 0 Å². The second kappa shape index (κ2) is 5.77. The molecule has 2 rings (SSSR count). The van der Waals surface area contributed by atoms with Crippen LogP contribution in [0.5, 0.6) is 0 Å². The Morgan fingerprint density at radius 3 is 2.47 bits per heavy atom. The number of nitrogens with one attached hydrogen (secondary N) is 2. The number of nitrogens with zero attached hydrogens (tertiary/aromatic N) is 1. The van der Waals surface area contributed by atoms with E-state index in [9.17, 15) is 9.90 Å². The zero-order chi connectivity index (χ0) is 13.9. The number of hydrogen-bond donors (Lipinski definition) is 3. The second-order valence-corrected chi connectivity index (χ2v) is 6.41. The van der Waals surface area contributed by atoms with Crippen LogP contribution < -0.4 is 10.6 Å². The van der Waals surface area contributed by atoms with Crippen LogP contribution in [0.3, 0.4) is 0 Å². The van der Waals surface area contributed by atoms with Gasteiger partial charge in [0.2, 0.25) is 5.91 Å². The molecule has 1 saturated heterocycles.